The van der Waals surface area contributed by atoms with E-state index < -0.39 is 17.5 Å². The van der Waals surface area contributed by atoms with E-state index in [0.29, 0.717) is 6.42 Å². The number of unbranched alkanes of at least 4 members (excludes halogenated alkanes) is 6. The van der Waals surface area contributed by atoms with E-state index in [2.05, 4.69) is 18.8 Å². The maximum absolute atomic E-state index is 11.0. The Labute approximate surface area is 147 Å². The quantitative estimate of drug-likeness (QED) is 0.319. The van der Waals surface area contributed by atoms with Crippen LogP contribution in [0.3, 0.4) is 0 Å². The molecule has 2 N–H and O–H groups in total. The first kappa shape index (κ1) is 21.0. The Morgan fingerprint density at radius 3 is 2.54 bits per heavy atom. The third-order valence-corrected chi connectivity index (χ3v) is 4.71. The van der Waals surface area contributed by atoms with Gasteiger partial charge in [0.05, 0.1) is 11.5 Å². The molecule has 0 radical (unpaired) electrons. The number of aliphatic carboxylic acids is 1. The summed E-state index contributed by atoms with van der Waals surface area (Å²) in [6.07, 6.45) is 9.62. The van der Waals surface area contributed by atoms with Crippen molar-refractivity contribution in [1.29, 1.82) is 0 Å². The van der Waals surface area contributed by atoms with E-state index in [4.69, 9.17) is 9.84 Å². The number of epoxide rings is 1. The average molecular weight is 338 g/mol. The standard InChI is InChI=1S/C20H34O4/c1-4-5-10-14-17-18(24-17)16(21)13-11-8-6-7-9-12-15-20(2,3)19(22)23/h16-18,21H,4-10,12,14-15H2,1-3H3,(H,22,23). The minimum absolute atomic E-state index is 0.0763. The molecule has 0 aromatic rings. The number of ether oxygens (including phenoxy) is 1. The summed E-state index contributed by atoms with van der Waals surface area (Å²) >= 11 is 0. The molecule has 1 aliphatic heterocycles. The van der Waals surface area contributed by atoms with Gasteiger partial charge in [0.1, 0.15) is 12.2 Å². The Hall–Kier alpha value is -1.05. The number of aliphatic hydroxyl groups excluding tert-OH is 1. The van der Waals surface area contributed by atoms with E-state index in [9.17, 15) is 9.90 Å². The van der Waals surface area contributed by atoms with Crippen molar-refractivity contribution in [2.75, 3.05) is 0 Å². The van der Waals surface area contributed by atoms with E-state index >= 15 is 0 Å². The molecule has 1 heterocycles. The Kier molecular flexibility index (Phi) is 9.39. The Bertz CT molecular complexity index is 433. The summed E-state index contributed by atoms with van der Waals surface area (Å²) in [4.78, 5) is 11.0. The van der Waals surface area contributed by atoms with Gasteiger partial charge in [-0.05, 0) is 33.1 Å². The Morgan fingerprint density at radius 1 is 1.17 bits per heavy atom. The molecule has 24 heavy (non-hydrogen) atoms. The van der Waals surface area contributed by atoms with Gasteiger partial charge in [0.15, 0.2) is 0 Å². The molecule has 0 aliphatic carbocycles. The predicted octanol–water partition coefficient (Wildman–Crippen LogP) is 4.15. The van der Waals surface area contributed by atoms with Crippen molar-refractivity contribution >= 4 is 5.97 Å². The monoisotopic (exact) mass is 338 g/mol. The lowest BCUT2D eigenvalue weighted by Gasteiger charge is -2.18. The van der Waals surface area contributed by atoms with Crippen molar-refractivity contribution in [1.82, 2.24) is 0 Å². The zero-order valence-electron chi connectivity index (χ0n) is 15.5. The first-order valence-corrected chi connectivity index (χ1v) is 9.44. The van der Waals surface area contributed by atoms with Crippen LogP contribution in [0, 0.1) is 17.3 Å². The van der Waals surface area contributed by atoms with Gasteiger partial charge in [0.25, 0.3) is 0 Å². The highest BCUT2D eigenvalue weighted by Crippen LogP contribution is 2.30. The zero-order chi connectivity index (χ0) is 18.0. The first-order chi connectivity index (χ1) is 11.4. The highest BCUT2D eigenvalue weighted by atomic mass is 16.6. The summed E-state index contributed by atoms with van der Waals surface area (Å²) in [5.41, 5.74) is -0.623. The molecule has 3 unspecified atom stereocenters. The molecule has 0 saturated carbocycles. The molecule has 0 amide bonds. The lowest BCUT2D eigenvalue weighted by atomic mass is 9.87. The molecule has 1 saturated heterocycles. The third-order valence-electron chi connectivity index (χ3n) is 4.71. The number of carboxylic acids is 1. The fourth-order valence-electron chi connectivity index (χ4n) is 2.76. The van der Waals surface area contributed by atoms with Crippen LogP contribution in [-0.2, 0) is 9.53 Å². The van der Waals surface area contributed by atoms with Crippen LogP contribution in [0.5, 0.6) is 0 Å². The van der Waals surface area contributed by atoms with Crippen molar-refractivity contribution in [3.8, 4) is 11.8 Å². The van der Waals surface area contributed by atoms with Crippen LogP contribution in [0.1, 0.15) is 85.0 Å². The van der Waals surface area contributed by atoms with Crippen LogP contribution in [0.4, 0.5) is 0 Å². The summed E-state index contributed by atoms with van der Waals surface area (Å²) in [6.45, 7) is 5.73. The summed E-state index contributed by atoms with van der Waals surface area (Å²) < 4.78 is 5.49. The minimum atomic E-state index is -0.724. The Morgan fingerprint density at radius 2 is 1.88 bits per heavy atom. The molecule has 4 nitrogen and oxygen atoms in total. The maximum atomic E-state index is 11.0. The topological polar surface area (TPSA) is 70.1 Å². The average Bonchev–Trinajstić information content (AvgIpc) is 3.29. The highest BCUT2D eigenvalue weighted by molar-refractivity contribution is 5.73. The third kappa shape index (κ3) is 8.17. The van der Waals surface area contributed by atoms with Gasteiger partial charge < -0.3 is 14.9 Å². The summed E-state index contributed by atoms with van der Waals surface area (Å²) in [5.74, 6) is 5.22. The maximum Gasteiger partial charge on any atom is 0.309 e. The fourth-order valence-corrected chi connectivity index (χ4v) is 2.76. The van der Waals surface area contributed by atoms with Gasteiger partial charge in [0, 0.05) is 6.42 Å². The second-order valence-corrected chi connectivity index (χ2v) is 7.50. The second kappa shape index (κ2) is 10.7. The van der Waals surface area contributed by atoms with Crippen molar-refractivity contribution in [3.05, 3.63) is 0 Å². The van der Waals surface area contributed by atoms with Crippen molar-refractivity contribution in [2.24, 2.45) is 5.41 Å². The van der Waals surface area contributed by atoms with E-state index in [1.807, 2.05) is 0 Å². The molecular weight excluding hydrogens is 304 g/mol. The fraction of sp³-hybridized carbons (Fsp3) is 0.850. The molecule has 3 atom stereocenters. The number of carboxylic acid groups (broad SMARTS) is 1. The summed E-state index contributed by atoms with van der Waals surface area (Å²) in [5, 5.41) is 19.0. The number of rotatable bonds is 12. The van der Waals surface area contributed by atoms with E-state index in [-0.39, 0.29) is 12.2 Å². The van der Waals surface area contributed by atoms with Crippen LogP contribution in [0.25, 0.3) is 0 Å². The molecule has 0 bridgehead atoms. The van der Waals surface area contributed by atoms with E-state index in [1.165, 1.54) is 12.8 Å². The predicted molar refractivity (Wildman–Crippen MR) is 95.7 cm³/mol. The Balaban J connectivity index is 2.02. The molecule has 138 valence electrons. The molecule has 4 heteroatoms. The molecule has 1 fully saturated rings. The minimum Gasteiger partial charge on any atom is -0.481 e. The van der Waals surface area contributed by atoms with Crippen LogP contribution >= 0.6 is 0 Å². The van der Waals surface area contributed by atoms with Gasteiger partial charge in [-0.2, -0.15) is 0 Å². The number of aliphatic hydroxyl groups is 1. The number of carbonyl (C=O) groups is 1. The van der Waals surface area contributed by atoms with Crippen LogP contribution in [0.2, 0.25) is 0 Å². The van der Waals surface area contributed by atoms with Crippen LogP contribution in [0.15, 0.2) is 0 Å². The van der Waals surface area contributed by atoms with Gasteiger partial charge in [-0.3, -0.25) is 4.79 Å². The molecule has 0 aromatic carbocycles. The van der Waals surface area contributed by atoms with Gasteiger partial charge >= 0.3 is 5.97 Å². The number of hydrogen-bond donors (Lipinski definition) is 2. The van der Waals surface area contributed by atoms with Crippen molar-refractivity contribution in [3.63, 3.8) is 0 Å². The lowest BCUT2D eigenvalue weighted by molar-refractivity contribution is -0.147. The molecular formula is C20H34O4. The highest BCUT2D eigenvalue weighted by Gasteiger charge is 2.42. The van der Waals surface area contributed by atoms with E-state index in [1.54, 1.807) is 13.8 Å². The van der Waals surface area contributed by atoms with Gasteiger partial charge in [-0.1, -0.05) is 51.4 Å². The normalized spacial score (nSPS) is 21.0. The van der Waals surface area contributed by atoms with Gasteiger partial charge in [-0.15, -0.1) is 5.92 Å². The molecule has 0 spiro atoms. The van der Waals surface area contributed by atoms with Crippen LogP contribution in [-0.4, -0.2) is 34.5 Å². The molecule has 1 aliphatic rings. The van der Waals surface area contributed by atoms with Crippen molar-refractivity contribution in [2.45, 2.75) is 103 Å². The first-order valence-electron chi connectivity index (χ1n) is 9.44. The summed E-state index contributed by atoms with van der Waals surface area (Å²) in [6, 6.07) is 0. The van der Waals surface area contributed by atoms with Gasteiger partial charge in [-0.25, -0.2) is 0 Å². The second-order valence-electron chi connectivity index (χ2n) is 7.50. The number of hydrogen-bond acceptors (Lipinski definition) is 3. The summed E-state index contributed by atoms with van der Waals surface area (Å²) in [7, 11) is 0. The zero-order valence-corrected chi connectivity index (χ0v) is 15.5. The molecule has 0 aromatic heterocycles. The van der Waals surface area contributed by atoms with Crippen LogP contribution < -0.4 is 0 Å². The largest absolute Gasteiger partial charge is 0.481 e. The SMILES string of the molecule is CCCCCC1OC1C(O)C#CCCCCCCC(C)(C)C(=O)O. The van der Waals surface area contributed by atoms with Crippen molar-refractivity contribution < 1.29 is 19.7 Å². The van der Waals surface area contributed by atoms with Gasteiger partial charge in [0.2, 0.25) is 0 Å². The smallest absolute Gasteiger partial charge is 0.309 e. The van der Waals surface area contributed by atoms with E-state index in [0.717, 1.165) is 44.9 Å². The lowest BCUT2D eigenvalue weighted by Crippen LogP contribution is -2.23. The molecule has 1 rings (SSSR count).